The van der Waals surface area contributed by atoms with E-state index < -0.39 is 0 Å². The Morgan fingerprint density at radius 2 is 2.22 bits per heavy atom. The first-order valence-corrected chi connectivity index (χ1v) is 7.26. The molecule has 1 amide bonds. The van der Waals surface area contributed by atoms with Gasteiger partial charge in [-0.05, 0) is 31.4 Å². The number of thioether (sulfide) groups is 1. The van der Waals surface area contributed by atoms with Crippen LogP contribution in [0.3, 0.4) is 0 Å². The minimum Gasteiger partial charge on any atom is -0.492 e. The molecule has 0 atom stereocenters. The molecule has 1 rings (SSSR count). The van der Waals surface area contributed by atoms with Crippen molar-refractivity contribution in [3.63, 3.8) is 0 Å². The molecular weight excluding hydrogens is 248 g/mol. The highest BCUT2D eigenvalue weighted by Crippen LogP contribution is 2.23. The van der Waals surface area contributed by atoms with Gasteiger partial charge in [0.15, 0.2) is 0 Å². The number of hydrogen-bond donors (Lipinski definition) is 1. The van der Waals surface area contributed by atoms with E-state index in [1.165, 1.54) is 0 Å². The molecular formula is C13H20N2O2S. The van der Waals surface area contributed by atoms with Gasteiger partial charge in [0.1, 0.15) is 5.75 Å². The Hall–Kier alpha value is -1.36. The highest BCUT2D eigenvalue weighted by Gasteiger charge is 2.12. The number of carbonyl (C=O) groups excluding carboxylic acids is 1. The summed E-state index contributed by atoms with van der Waals surface area (Å²) in [5, 5.41) is 0. The van der Waals surface area contributed by atoms with E-state index in [0.717, 1.165) is 12.3 Å². The number of carbonyl (C=O) groups is 1. The minimum absolute atomic E-state index is 0.0150. The van der Waals surface area contributed by atoms with Crippen LogP contribution in [-0.4, -0.2) is 43.0 Å². The fourth-order valence-corrected chi connectivity index (χ4v) is 1.98. The Kier molecular flexibility index (Phi) is 5.85. The molecule has 0 aromatic heterocycles. The number of anilines is 1. The predicted octanol–water partition coefficient (Wildman–Crippen LogP) is 2.10. The third kappa shape index (κ3) is 3.84. The number of ether oxygens (including phenoxy) is 1. The first kappa shape index (κ1) is 14.7. The van der Waals surface area contributed by atoms with Crippen LogP contribution >= 0.6 is 11.8 Å². The summed E-state index contributed by atoms with van der Waals surface area (Å²) in [6.45, 7) is 3.19. The zero-order valence-electron chi connectivity index (χ0n) is 11.1. The molecule has 18 heavy (non-hydrogen) atoms. The number of nitrogens with zero attached hydrogens (tertiary/aromatic N) is 1. The van der Waals surface area contributed by atoms with Gasteiger partial charge in [0.2, 0.25) is 0 Å². The van der Waals surface area contributed by atoms with E-state index in [0.29, 0.717) is 23.6 Å². The molecule has 0 saturated carbocycles. The van der Waals surface area contributed by atoms with Crippen LogP contribution in [0.2, 0.25) is 0 Å². The maximum absolute atomic E-state index is 12.1. The standard InChI is InChI=1S/C13H20N2O2S/c1-4-17-12-6-5-10(9-11(12)14)13(16)15(2)7-8-18-3/h5-6,9H,4,7-8,14H2,1-3H3. The van der Waals surface area contributed by atoms with Crippen LogP contribution in [0.25, 0.3) is 0 Å². The predicted molar refractivity (Wildman–Crippen MR) is 77.4 cm³/mol. The highest BCUT2D eigenvalue weighted by molar-refractivity contribution is 7.98. The lowest BCUT2D eigenvalue weighted by molar-refractivity contribution is 0.0804. The summed E-state index contributed by atoms with van der Waals surface area (Å²) in [7, 11) is 1.80. The molecule has 2 N–H and O–H groups in total. The first-order chi connectivity index (χ1) is 8.60. The third-order valence-corrected chi connectivity index (χ3v) is 3.12. The molecule has 0 fully saturated rings. The van der Waals surface area contributed by atoms with E-state index >= 15 is 0 Å². The van der Waals surface area contributed by atoms with E-state index in [-0.39, 0.29) is 5.91 Å². The average Bonchev–Trinajstić information content (AvgIpc) is 2.37. The minimum atomic E-state index is -0.0150. The molecule has 100 valence electrons. The van der Waals surface area contributed by atoms with Gasteiger partial charge < -0.3 is 15.4 Å². The normalized spacial score (nSPS) is 10.2. The van der Waals surface area contributed by atoms with E-state index in [1.54, 1.807) is 41.9 Å². The number of benzene rings is 1. The number of nitrogens with two attached hydrogens (primary N) is 1. The van der Waals surface area contributed by atoms with Crippen molar-refractivity contribution in [3.05, 3.63) is 23.8 Å². The Morgan fingerprint density at radius 1 is 1.50 bits per heavy atom. The SMILES string of the molecule is CCOc1ccc(C(=O)N(C)CCSC)cc1N. The van der Waals surface area contributed by atoms with Crippen molar-refractivity contribution in [1.29, 1.82) is 0 Å². The van der Waals surface area contributed by atoms with Gasteiger partial charge in [-0.25, -0.2) is 0 Å². The maximum atomic E-state index is 12.1. The summed E-state index contributed by atoms with van der Waals surface area (Å²) < 4.78 is 5.34. The second-order valence-electron chi connectivity index (χ2n) is 3.91. The lowest BCUT2D eigenvalue weighted by atomic mass is 10.1. The maximum Gasteiger partial charge on any atom is 0.253 e. The zero-order chi connectivity index (χ0) is 13.5. The Balaban J connectivity index is 2.77. The second kappa shape index (κ2) is 7.16. The van der Waals surface area contributed by atoms with Gasteiger partial charge in [-0.2, -0.15) is 11.8 Å². The van der Waals surface area contributed by atoms with Crippen molar-refractivity contribution in [2.45, 2.75) is 6.92 Å². The van der Waals surface area contributed by atoms with Crippen LogP contribution in [0.4, 0.5) is 5.69 Å². The van der Waals surface area contributed by atoms with Crippen LogP contribution < -0.4 is 10.5 Å². The van der Waals surface area contributed by atoms with Crippen molar-refractivity contribution >= 4 is 23.4 Å². The second-order valence-corrected chi connectivity index (χ2v) is 4.89. The number of hydrogen-bond acceptors (Lipinski definition) is 4. The molecule has 1 aromatic rings. The quantitative estimate of drug-likeness (QED) is 0.803. The fourth-order valence-electron chi connectivity index (χ4n) is 1.52. The summed E-state index contributed by atoms with van der Waals surface area (Å²) in [6, 6.07) is 5.16. The molecule has 1 aromatic carbocycles. The van der Waals surface area contributed by atoms with Crippen molar-refractivity contribution in [2.24, 2.45) is 0 Å². The zero-order valence-corrected chi connectivity index (χ0v) is 11.9. The van der Waals surface area contributed by atoms with Crippen LogP contribution in [0, 0.1) is 0 Å². The van der Waals surface area contributed by atoms with Gasteiger partial charge in [0, 0.05) is 24.9 Å². The van der Waals surface area contributed by atoms with Gasteiger partial charge in [0.25, 0.3) is 5.91 Å². The third-order valence-electron chi connectivity index (χ3n) is 2.53. The van der Waals surface area contributed by atoms with E-state index in [4.69, 9.17) is 10.5 Å². The first-order valence-electron chi connectivity index (χ1n) is 5.86. The van der Waals surface area contributed by atoms with Crippen molar-refractivity contribution in [3.8, 4) is 5.75 Å². The Bertz CT molecular complexity index is 410. The summed E-state index contributed by atoms with van der Waals surface area (Å²) in [5.74, 6) is 1.54. The average molecular weight is 268 g/mol. The molecule has 0 heterocycles. The molecule has 5 heteroatoms. The van der Waals surface area contributed by atoms with Crippen molar-refractivity contribution in [2.75, 3.05) is 37.9 Å². The summed E-state index contributed by atoms with van der Waals surface area (Å²) in [4.78, 5) is 13.8. The van der Waals surface area contributed by atoms with Gasteiger partial charge in [0.05, 0.1) is 12.3 Å². The topological polar surface area (TPSA) is 55.6 Å². The highest BCUT2D eigenvalue weighted by atomic mass is 32.2. The molecule has 4 nitrogen and oxygen atoms in total. The monoisotopic (exact) mass is 268 g/mol. The summed E-state index contributed by atoms with van der Waals surface area (Å²) in [5.41, 5.74) is 6.94. The molecule has 0 aliphatic rings. The molecule has 0 unspecified atom stereocenters. The molecule has 0 spiro atoms. The van der Waals surface area contributed by atoms with E-state index in [1.807, 2.05) is 13.2 Å². The van der Waals surface area contributed by atoms with Crippen LogP contribution in [0.15, 0.2) is 18.2 Å². The number of rotatable bonds is 6. The number of nitrogen functional groups attached to an aromatic ring is 1. The summed E-state index contributed by atoms with van der Waals surface area (Å²) >= 11 is 1.72. The lowest BCUT2D eigenvalue weighted by Crippen LogP contribution is -2.28. The molecule has 0 radical (unpaired) electrons. The Morgan fingerprint density at radius 3 is 2.78 bits per heavy atom. The molecule has 0 bridgehead atoms. The largest absolute Gasteiger partial charge is 0.492 e. The van der Waals surface area contributed by atoms with Crippen LogP contribution in [-0.2, 0) is 0 Å². The van der Waals surface area contributed by atoms with Crippen molar-refractivity contribution < 1.29 is 9.53 Å². The Labute approximate surface area is 112 Å². The van der Waals surface area contributed by atoms with Crippen LogP contribution in [0.1, 0.15) is 17.3 Å². The van der Waals surface area contributed by atoms with E-state index in [2.05, 4.69) is 0 Å². The van der Waals surface area contributed by atoms with Gasteiger partial charge in [-0.1, -0.05) is 0 Å². The molecule has 0 aliphatic carbocycles. The molecule has 0 aliphatic heterocycles. The van der Waals surface area contributed by atoms with Gasteiger partial charge in [-0.15, -0.1) is 0 Å². The number of amides is 1. The fraction of sp³-hybridized carbons (Fsp3) is 0.462. The van der Waals surface area contributed by atoms with E-state index in [9.17, 15) is 4.79 Å². The van der Waals surface area contributed by atoms with Crippen molar-refractivity contribution in [1.82, 2.24) is 4.90 Å². The van der Waals surface area contributed by atoms with Gasteiger partial charge >= 0.3 is 0 Å². The molecule has 0 saturated heterocycles. The summed E-state index contributed by atoms with van der Waals surface area (Å²) in [6.07, 6.45) is 2.02. The van der Waals surface area contributed by atoms with Crippen LogP contribution in [0.5, 0.6) is 5.75 Å². The van der Waals surface area contributed by atoms with Gasteiger partial charge in [-0.3, -0.25) is 4.79 Å². The lowest BCUT2D eigenvalue weighted by Gasteiger charge is -2.17. The smallest absolute Gasteiger partial charge is 0.253 e.